The average Bonchev–Trinajstić information content (AvgIpc) is 3.06. The Hall–Kier alpha value is -3.30. The van der Waals surface area contributed by atoms with Crippen LogP contribution in [0.4, 0.5) is 5.82 Å². The van der Waals surface area contributed by atoms with Gasteiger partial charge < -0.3 is 20.0 Å². The summed E-state index contributed by atoms with van der Waals surface area (Å²) in [5.41, 5.74) is 10.7. The van der Waals surface area contributed by atoms with Crippen molar-refractivity contribution in [3.05, 3.63) is 53.0 Å². The first kappa shape index (κ1) is 17.1. The van der Waals surface area contributed by atoms with E-state index >= 15 is 0 Å². The molecule has 1 aliphatic rings. The van der Waals surface area contributed by atoms with Crippen molar-refractivity contribution in [1.29, 1.82) is 5.26 Å². The molecule has 6 heteroatoms. The normalized spacial score (nSPS) is 12.2. The van der Waals surface area contributed by atoms with Gasteiger partial charge in [0.05, 0.1) is 12.3 Å². The van der Waals surface area contributed by atoms with Crippen LogP contribution < -0.4 is 10.5 Å². The zero-order chi connectivity index (χ0) is 19.0. The second kappa shape index (κ2) is 6.78. The molecule has 0 aliphatic heterocycles. The van der Waals surface area contributed by atoms with Crippen LogP contribution in [0.1, 0.15) is 22.6 Å². The molecule has 1 aromatic carbocycles. The molecule has 6 nitrogen and oxygen atoms in total. The van der Waals surface area contributed by atoms with Crippen LogP contribution in [0.3, 0.4) is 0 Å². The van der Waals surface area contributed by atoms with Crippen molar-refractivity contribution < 1.29 is 14.3 Å². The maximum absolute atomic E-state index is 9.76. The van der Waals surface area contributed by atoms with Crippen LogP contribution in [-0.2, 0) is 12.8 Å². The number of nitrogen functional groups attached to an aromatic ring is 1. The first-order valence-corrected chi connectivity index (χ1v) is 8.79. The highest BCUT2D eigenvalue weighted by Crippen LogP contribution is 2.44. The molecule has 0 radical (unpaired) electrons. The number of aliphatic hydroxyl groups is 1. The molecule has 0 saturated carbocycles. The van der Waals surface area contributed by atoms with Gasteiger partial charge in [-0.1, -0.05) is 18.2 Å². The van der Waals surface area contributed by atoms with E-state index in [9.17, 15) is 5.26 Å². The second-order valence-corrected chi connectivity index (χ2v) is 6.45. The number of aliphatic hydroxyl groups excluding tert-OH is 1. The molecule has 0 fully saturated rings. The zero-order valence-corrected chi connectivity index (χ0v) is 15.0. The lowest BCUT2D eigenvalue weighted by Gasteiger charge is -2.22. The van der Waals surface area contributed by atoms with Gasteiger partial charge in [-0.25, -0.2) is 4.98 Å². The van der Waals surface area contributed by atoms with E-state index in [-0.39, 0.29) is 19.0 Å². The molecule has 0 atom stereocenters. The monoisotopic (exact) mass is 361 g/mol. The fourth-order valence-corrected chi connectivity index (χ4v) is 3.66. The number of benzene rings is 1. The molecule has 4 rings (SSSR count). The molecule has 3 N–H and O–H groups in total. The van der Waals surface area contributed by atoms with E-state index in [1.807, 2.05) is 37.3 Å². The fourth-order valence-electron chi connectivity index (χ4n) is 3.66. The van der Waals surface area contributed by atoms with Gasteiger partial charge in [0.15, 0.2) is 0 Å². The number of ether oxygens (including phenoxy) is 1. The number of aryl methyl sites for hydroxylation is 2. The topological polar surface area (TPSA) is 105 Å². The van der Waals surface area contributed by atoms with Gasteiger partial charge in [-0.2, -0.15) is 5.26 Å². The summed E-state index contributed by atoms with van der Waals surface area (Å²) < 4.78 is 11.5. The van der Waals surface area contributed by atoms with Crippen molar-refractivity contribution in [2.75, 3.05) is 18.9 Å². The van der Waals surface area contributed by atoms with Gasteiger partial charge in [0.25, 0.3) is 0 Å². The predicted molar refractivity (Wildman–Crippen MR) is 101 cm³/mol. The van der Waals surface area contributed by atoms with Crippen LogP contribution >= 0.6 is 0 Å². The predicted octanol–water partition coefficient (Wildman–Crippen LogP) is 3.24. The molecule has 2 heterocycles. The van der Waals surface area contributed by atoms with Gasteiger partial charge in [0.1, 0.15) is 41.3 Å². The number of pyridine rings is 1. The lowest BCUT2D eigenvalue weighted by atomic mass is 9.85. The maximum atomic E-state index is 9.76. The van der Waals surface area contributed by atoms with Crippen LogP contribution in [0.5, 0.6) is 5.75 Å². The zero-order valence-electron chi connectivity index (χ0n) is 15.0. The minimum absolute atomic E-state index is 0.0896. The molecule has 0 spiro atoms. The van der Waals surface area contributed by atoms with Crippen molar-refractivity contribution in [2.45, 2.75) is 19.8 Å². The van der Waals surface area contributed by atoms with Crippen molar-refractivity contribution in [2.24, 2.45) is 0 Å². The Morgan fingerprint density at radius 3 is 2.89 bits per heavy atom. The minimum Gasteiger partial charge on any atom is -0.491 e. The van der Waals surface area contributed by atoms with Gasteiger partial charge in [-0.05, 0) is 31.0 Å². The molecule has 0 bridgehead atoms. The molecular weight excluding hydrogens is 342 g/mol. The van der Waals surface area contributed by atoms with Gasteiger partial charge in [0.2, 0.25) is 0 Å². The third kappa shape index (κ3) is 2.82. The second-order valence-electron chi connectivity index (χ2n) is 6.45. The van der Waals surface area contributed by atoms with Crippen molar-refractivity contribution >= 4 is 5.82 Å². The highest BCUT2D eigenvalue weighted by atomic mass is 16.5. The van der Waals surface area contributed by atoms with E-state index in [0.717, 1.165) is 45.9 Å². The fraction of sp³-hybridized carbons (Fsp3) is 0.238. The number of para-hydroxylation sites is 1. The van der Waals surface area contributed by atoms with Crippen LogP contribution in [0.25, 0.3) is 22.4 Å². The number of rotatable bonds is 4. The smallest absolute Gasteiger partial charge is 0.142 e. The average molecular weight is 361 g/mol. The highest BCUT2D eigenvalue weighted by molar-refractivity contribution is 5.88. The van der Waals surface area contributed by atoms with E-state index < -0.39 is 0 Å². The van der Waals surface area contributed by atoms with Crippen molar-refractivity contribution in [3.63, 3.8) is 0 Å². The van der Waals surface area contributed by atoms with E-state index in [4.69, 9.17) is 20.0 Å². The number of nitriles is 1. The third-order valence-electron chi connectivity index (χ3n) is 4.73. The molecule has 3 aromatic rings. The standard InChI is InChI=1S/C21H19N3O3/c1-12-10-15-18(27-12)7-6-14-19(16(11-22)21(23)24-20(14)15)13-4-2-3-5-17(13)26-9-8-25/h2-5,10,25H,6-9H2,1H3,(H2,23,24). The van der Waals surface area contributed by atoms with Crippen molar-refractivity contribution in [1.82, 2.24) is 4.98 Å². The van der Waals surface area contributed by atoms with Crippen LogP contribution in [0.2, 0.25) is 0 Å². The van der Waals surface area contributed by atoms with Crippen molar-refractivity contribution in [3.8, 4) is 34.2 Å². The Kier molecular flexibility index (Phi) is 4.30. The summed E-state index contributed by atoms with van der Waals surface area (Å²) in [5.74, 6) is 2.51. The maximum Gasteiger partial charge on any atom is 0.142 e. The summed E-state index contributed by atoms with van der Waals surface area (Å²) in [6.07, 6.45) is 1.43. The molecule has 1 aliphatic carbocycles. The molecule has 0 saturated heterocycles. The molecular formula is C21H19N3O3. The summed E-state index contributed by atoms with van der Waals surface area (Å²) in [6.45, 7) is 1.99. The third-order valence-corrected chi connectivity index (χ3v) is 4.73. The number of fused-ring (bicyclic) bond motifs is 3. The number of nitrogens with zero attached hydrogens (tertiary/aromatic N) is 2. The van der Waals surface area contributed by atoms with E-state index in [1.54, 1.807) is 0 Å². The van der Waals surface area contributed by atoms with E-state index in [2.05, 4.69) is 11.1 Å². The molecule has 27 heavy (non-hydrogen) atoms. The highest BCUT2D eigenvalue weighted by Gasteiger charge is 2.28. The first-order valence-electron chi connectivity index (χ1n) is 8.79. The lowest BCUT2D eigenvalue weighted by molar-refractivity contribution is 0.202. The SMILES string of the molecule is Cc1cc2c(o1)CCc1c-2nc(N)c(C#N)c1-c1ccccc1OCCO. The molecule has 2 aromatic heterocycles. The Morgan fingerprint density at radius 2 is 2.11 bits per heavy atom. The summed E-state index contributed by atoms with van der Waals surface area (Å²) in [6, 6.07) is 11.6. The van der Waals surface area contributed by atoms with E-state index in [1.165, 1.54) is 0 Å². The largest absolute Gasteiger partial charge is 0.491 e. The Bertz CT molecular complexity index is 1060. The van der Waals surface area contributed by atoms with Gasteiger partial charge >= 0.3 is 0 Å². The van der Waals surface area contributed by atoms with Crippen LogP contribution in [-0.4, -0.2) is 23.3 Å². The summed E-state index contributed by atoms with van der Waals surface area (Å²) in [4.78, 5) is 4.53. The summed E-state index contributed by atoms with van der Waals surface area (Å²) in [7, 11) is 0. The van der Waals surface area contributed by atoms with E-state index in [0.29, 0.717) is 17.7 Å². The van der Waals surface area contributed by atoms with Gasteiger partial charge in [-0.15, -0.1) is 0 Å². The number of anilines is 1. The van der Waals surface area contributed by atoms with Crippen LogP contribution in [0, 0.1) is 18.3 Å². The Labute approximate surface area is 156 Å². The molecule has 0 unspecified atom stereocenters. The number of nitrogens with two attached hydrogens (primary N) is 1. The first-order chi connectivity index (χ1) is 13.1. The number of furan rings is 1. The lowest BCUT2D eigenvalue weighted by Crippen LogP contribution is -2.11. The number of hydrogen-bond donors (Lipinski definition) is 2. The van der Waals surface area contributed by atoms with Crippen LogP contribution in [0.15, 0.2) is 34.7 Å². The minimum atomic E-state index is -0.0896. The Balaban J connectivity index is 2.00. The molecule has 136 valence electrons. The summed E-state index contributed by atoms with van der Waals surface area (Å²) in [5, 5.41) is 18.9. The number of hydrogen-bond acceptors (Lipinski definition) is 6. The van der Waals surface area contributed by atoms with Gasteiger partial charge in [-0.3, -0.25) is 0 Å². The molecule has 0 amide bonds. The number of aromatic nitrogens is 1. The summed E-state index contributed by atoms with van der Waals surface area (Å²) >= 11 is 0. The Morgan fingerprint density at radius 1 is 1.30 bits per heavy atom. The quantitative estimate of drug-likeness (QED) is 0.739. The van der Waals surface area contributed by atoms with Gasteiger partial charge in [0, 0.05) is 23.1 Å².